The molecule has 1 aliphatic heterocycles. The Balaban J connectivity index is 1.73. The van der Waals surface area contributed by atoms with Crippen LogP contribution in [0.25, 0.3) is 11.0 Å². The molecule has 1 unspecified atom stereocenters. The number of aromatic nitrogens is 2. The van der Waals surface area contributed by atoms with E-state index in [1.54, 1.807) is 30.6 Å². The number of nitrogens with zero attached hydrogens (tertiary/aromatic N) is 3. The first-order chi connectivity index (χ1) is 17.0. The Labute approximate surface area is 204 Å². The summed E-state index contributed by atoms with van der Waals surface area (Å²) in [7, 11) is 1.45. The molecule has 0 radical (unpaired) electrons. The molecule has 186 valence electrons. The third-order valence-corrected chi connectivity index (χ3v) is 6.00. The molecule has 2 amide bonds. The summed E-state index contributed by atoms with van der Waals surface area (Å²) in [6.45, 7) is 4.18. The molecule has 1 aromatic heterocycles. The summed E-state index contributed by atoms with van der Waals surface area (Å²) in [5.41, 5.74) is 3.05. The Morgan fingerprint density at radius 3 is 2.77 bits per heavy atom. The molecule has 35 heavy (non-hydrogen) atoms. The van der Waals surface area contributed by atoms with E-state index in [1.165, 1.54) is 19.2 Å². The van der Waals surface area contributed by atoms with Gasteiger partial charge in [-0.2, -0.15) is 0 Å². The van der Waals surface area contributed by atoms with Crippen LogP contribution >= 0.6 is 0 Å². The van der Waals surface area contributed by atoms with Crippen LogP contribution in [0.15, 0.2) is 42.7 Å². The number of carbonyl (C=O) groups excluding carboxylic acids is 2. The van der Waals surface area contributed by atoms with Gasteiger partial charge < -0.3 is 24.3 Å². The van der Waals surface area contributed by atoms with Crippen LogP contribution in [0, 0.1) is 5.82 Å². The quantitative estimate of drug-likeness (QED) is 0.475. The number of nitrogens with one attached hydrogen (secondary N) is 1. The lowest BCUT2D eigenvalue weighted by Gasteiger charge is -2.26. The van der Waals surface area contributed by atoms with Crippen molar-refractivity contribution in [3.8, 4) is 0 Å². The van der Waals surface area contributed by atoms with Crippen molar-refractivity contribution in [2.75, 3.05) is 38.7 Å². The molecule has 0 aliphatic carbocycles. The van der Waals surface area contributed by atoms with Gasteiger partial charge in [0, 0.05) is 39.0 Å². The van der Waals surface area contributed by atoms with Gasteiger partial charge in [-0.05, 0) is 49.1 Å². The Hall–Kier alpha value is -3.30. The number of imidazole rings is 1. The van der Waals surface area contributed by atoms with Gasteiger partial charge in [0.05, 0.1) is 29.0 Å². The van der Waals surface area contributed by atoms with Crippen LogP contribution in [0.4, 0.5) is 10.1 Å². The monoisotopic (exact) mass is 482 g/mol. The third-order valence-electron chi connectivity index (χ3n) is 6.00. The van der Waals surface area contributed by atoms with Gasteiger partial charge in [-0.15, -0.1) is 0 Å². The zero-order chi connectivity index (χ0) is 24.8. The third kappa shape index (κ3) is 6.04. The first kappa shape index (κ1) is 24.8. The summed E-state index contributed by atoms with van der Waals surface area (Å²) in [5, 5.41) is 2.79. The molecule has 1 aliphatic rings. The Morgan fingerprint density at radius 1 is 1.29 bits per heavy atom. The van der Waals surface area contributed by atoms with Crippen molar-refractivity contribution in [1.29, 1.82) is 0 Å². The van der Waals surface area contributed by atoms with E-state index in [2.05, 4.69) is 10.3 Å². The maximum Gasteiger partial charge on any atom is 0.256 e. The van der Waals surface area contributed by atoms with Crippen LogP contribution in [-0.2, 0) is 20.8 Å². The highest BCUT2D eigenvalue weighted by molar-refractivity contribution is 6.07. The summed E-state index contributed by atoms with van der Waals surface area (Å²) in [6, 6.07) is 9.68. The van der Waals surface area contributed by atoms with Gasteiger partial charge in [0.25, 0.3) is 5.91 Å². The van der Waals surface area contributed by atoms with Gasteiger partial charge >= 0.3 is 0 Å². The second-order valence-electron chi connectivity index (χ2n) is 8.76. The van der Waals surface area contributed by atoms with E-state index >= 15 is 0 Å². The number of benzene rings is 2. The lowest BCUT2D eigenvalue weighted by Crippen LogP contribution is -2.38. The van der Waals surface area contributed by atoms with Crippen molar-refractivity contribution in [2.24, 2.45) is 0 Å². The Kier molecular flexibility index (Phi) is 8.09. The highest BCUT2D eigenvalue weighted by atomic mass is 19.1. The highest BCUT2D eigenvalue weighted by Gasteiger charge is 2.26. The summed E-state index contributed by atoms with van der Waals surface area (Å²) < 4.78 is 26.0. The minimum atomic E-state index is -0.319. The van der Waals surface area contributed by atoms with Crippen molar-refractivity contribution in [1.82, 2.24) is 14.5 Å². The van der Waals surface area contributed by atoms with E-state index in [1.807, 2.05) is 16.4 Å². The smallest absolute Gasteiger partial charge is 0.256 e. The van der Waals surface area contributed by atoms with Crippen LogP contribution in [0.1, 0.15) is 42.1 Å². The number of rotatable bonds is 10. The van der Waals surface area contributed by atoms with Crippen molar-refractivity contribution < 1.29 is 23.5 Å². The molecule has 1 N–H and O–H groups in total. The molecule has 1 atom stereocenters. The number of amides is 2. The average Bonchev–Trinajstić information content (AvgIpc) is 3.49. The van der Waals surface area contributed by atoms with E-state index in [0.717, 1.165) is 24.8 Å². The molecule has 0 saturated carbocycles. The van der Waals surface area contributed by atoms with Crippen LogP contribution in [0.5, 0.6) is 0 Å². The first-order valence-corrected chi connectivity index (χ1v) is 11.9. The fourth-order valence-corrected chi connectivity index (χ4v) is 4.43. The van der Waals surface area contributed by atoms with Gasteiger partial charge in [0.1, 0.15) is 12.4 Å². The zero-order valence-electron chi connectivity index (χ0n) is 20.1. The van der Waals surface area contributed by atoms with E-state index < -0.39 is 0 Å². The second kappa shape index (κ2) is 11.4. The number of carbonyl (C=O) groups is 2. The van der Waals surface area contributed by atoms with E-state index in [9.17, 15) is 14.0 Å². The minimum absolute atomic E-state index is 0.0229. The van der Waals surface area contributed by atoms with Gasteiger partial charge in [0.15, 0.2) is 0 Å². The van der Waals surface area contributed by atoms with Crippen molar-refractivity contribution >= 4 is 28.5 Å². The highest BCUT2D eigenvalue weighted by Crippen LogP contribution is 2.27. The molecule has 4 rings (SSSR count). The number of hydrogen-bond acceptors (Lipinski definition) is 5. The largest absolute Gasteiger partial charge is 0.376 e. The summed E-state index contributed by atoms with van der Waals surface area (Å²) >= 11 is 0. The topological polar surface area (TPSA) is 85.7 Å². The predicted molar refractivity (Wildman–Crippen MR) is 131 cm³/mol. The lowest BCUT2D eigenvalue weighted by molar-refractivity contribution is -0.119. The maximum absolute atomic E-state index is 13.9. The second-order valence-corrected chi connectivity index (χ2v) is 8.76. The van der Waals surface area contributed by atoms with Crippen molar-refractivity contribution in [3.63, 3.8) is 0 Å². The minimum Gasteiger partial charge on any atom is -0.376 e. The standard InChI is InChI=1S/C26H31FN4O4/c1-3-10-30(15-21-5-4-11-35-21)26(33)22-12-20(29-24(32)16-34-2)13-23-25(22)31(17-28-23)14-18-6-8-19(27)9-7-18/h6-9,12-13,17,21H,3-5,10-11,14-16H2,1-2H3,(H,29,32). The van der Waals surface area contributed by atoms with Gasteiger partial charge in [-0.25, -0.2) is 9.37 Å². The van der Waals surface area contributed by atoms with Crippen molar-refractivity contribution in [3.05, 3.63) is 59.7 Å². The first-order valence-electron chi connectivity index (χ1n) is 11.9. The molecular formula is C26H31FN4O4. The Bertz CT molecular complexity index is 1170. The molecule has 8 nitrogen and oxygen atoms in total. The normalized spacial score (nSPS) is 15.5. The SMILES string of the molecule is CCCN(CC1CCCO1)C(=O)c1cc(NC(=O)COC)cc2ncn(Cc3ccc(F)cc3)c12. The predicted octanol–water partition coefficient (Wildman–Crippen LogP) is 3.84. The average molecular weight is 483 g/mol. The molecule has 1 fully saturated rings. The van der Waals surface area contributed by atoms with Crippen LogP contribution < -0.4 is 5.32 Å². The number of anilines is 1. The molecule has 2 aromatic carbocycles. The molecule has 2 heterocycles. The van der Waals surface area contributed by atoms with Gasteiger partial charge in [0.2, 0.25) is 5.91 Å². The molecule has 1 saturated heterocycles. The molecule has 0 bridgehead atoms. The number of methoxy groups -OCH3 is 1. The summed E-state index contributed by atoms with van der Waals surface area (Å²) in [6.07, 6.45) is 4.42. The van der Waals surface area contributed by atoms with E-state index in [4.69, 9.17) is 9.47 Å². The van der Waals surface area contributed by atoms with Crippen molar-refractivity contribution in [2.45, 2.75) is 38.8 Å². The number of fused-ring (bicyclic) bond motifs is 1. The Morgan fingerprint density at radius 2 is 2.09 bits per heavy atom. The molecular weight excluding hydrogens is 451 g/mol. The van der Waals surface area contributed by atoms with E-state index in [0.29, 0.717) is 48.5 Å². The molecule has 0 spiro atoms. The summed E-state index contributed by atoms with van der Waals surface area (Å²) in [4.78, 5) is 32.4. The number of ether oxygens (including phenoxy) is 2. The summed E-state index contributed by atoms with van der Waals surface area (Å²) in [5.74, 6) is -0.766. The molecule has 3 aromatic rings. The number of hydrogen-bond donors (Lipinski definition) is 1. The maximum atomic E-state index is 13.9. The van der Waals surface area contributed by atoms with E-state index in [-0.39, 0.29) is 30.3 Å². The fourth-order valence-electron chi connectivity index (χ4n) is 4.43. The van der Waals surface area contributed by atoms with Crippen LogP contribution in [-0.4, -0.2) is 65.8 Å². The fraction of sp³-hybridized carbons (Fsp3) is 0.423. The van der Waals surface area contributed by atoms with Crippen LogP contribution in [0.3, 0.4) is 0 Å². The lowest BCUT2D eigenvalue weighted by atomic mass is 10.1. The van der Waals surface area contributed by atoms with Gasteiger partial charge in [-0.1, -0.05) is 19.1 Å². The molecule has 9 heteroatoms. The zero-order valence-corrected chi connectivity index (χ0v) is 20.1. The van der Waals surface area contributed by atoms with Crippen LogP contribution in [0.2, 0.25) is 0 Å². The van der Waals surface area contributed by atoms with Gasteiger partial charge in [-0.3, -0.25) is 9.59 Å². The number of halogens is 1.